The quantitative estimate of drug-likeness (QED) is 0.701. The van der Waals surface area contributed by atoms with Gasteiger partial charge in [-0.25, -0.2) is 4.79 Å². The van der Waals surface area contributed by atoms with Crippen molar-refractivity contribution in [3.05, 3.63) is 59.7 Å². The Morgan fingerprint density at radius 1 is 1.13 bits per heavy atom. The number of nitrogens with zero attached hydrogens (tertiary/aromatic N) is 2. The fraction of sp³-hybridized carbons (Fsp3) is 0.391. The second kappa shape index (κ2) is 10.1. The van der Waals surface area contributed by atoms with Crippen molar-refractivity contribution < 1.29 is 14.3 Å². The second-order valence-corrected chi connectivity index (χ2v) is 7.70. The van der Waals surface area contributed by atoms with Crippen LogP contribution in [0.5, 0.6) is 5.75 Å². The zero-order valence-corrected chi connectivity index (χ0v) is 17.9. The zero-order valence-electron chi connectivity index (χ0n) is 17.9. The Morgan fingerprint density at radius 2 is 1.83 bits per heavy atom. The van der Waals surface area contributed by atoms with E-state index in [-0.39, 0.29) is 18.0 Å². The number of carbonyl (C=O) groups is 2. The van der Waals surface area contributed by atoms with Crippen molar-refractivity contribution in [1.82, 2.24) is 15.1 Å². The summed E-state index contributed by atoms with van der Waals surface area (Å²) in [7, 11) is 5.61. The lowest BCUT2D eigenvalue weighted by Gasteiger charge is -2.25. The van der Waals surface area contributed by atoms with Crippen LogP contribution in [0.1, 0.15) is 30.0 Å². The molecule has 1 heterocycles. The number of rotatable bonds is 8. The molecule has 0 aromatic heterocycles. The lowest BCUT2D eigenvalue weighted by Crippen LogP contribution is -2.36. The maximum Gasteiger partial charge on any atom is 0.319 e. The lowest BCUT2D eigenvalue weighted by molar-refractivity contribution is -0.128. The molecule has 7 nitrogen and oxygen atoms in total. The van der Waals surface area contributed by atoms with Crippen molar-refractivity contribution in [3.63, 3.8) is 0 Å². The highest BCUT2D eigenvalue weighted by Crippen LogP contribution is 2.21. The van der Waals surface area contributed by atoms with E-state index in [0.717, 1.165) is 35.5 Å². The first-order valence-electron chi connectivity index (χ1n) is 10.2. The van der Waals surface area contributed by atoms with Gasteiger partial charge in [0.2, 0.25) is 5.91 Å². The monoisotopic (exact) mass is 410 g/mol. The Morgan fingerprint density at radius 3 is 2.40 bits per heavy atom. The minimum atomic E-state index is -0.252. The molecule has 1 saturated heterocycles. The Balaban J connectivity index is 1.51. The fourth-order valence-electron chi connectivity index (χ4n) is 3.57. The summed E-state index contributed by atoms with van der Waals surface area (Å²) in [6, 6.07) is 15.3. The van der Waals surface area contributed by atoms with Gasteiger partial charge in [0, 0.05) is 31.7 Å². The number of likely N-dealkylation sites (N-methyl/N-ethyl adjacent to an activating group) is 1. The Hall–Kier alpha value is -3.06. The van der Waals surface area contributed by atoms with Gasteiger partial charge in [0.1, 0.15) is 5.75 Å². The van der Waals surface area contributed by atoms with E-state index in [1.807, 2.05) is 67.5 Å². The number of amides is 3. The van der Waals surface area contributed by atoms with Crippen molar-refractivity contribution in [2.24, 2.45) is 0 Å². The van der Waals surface area contributed by atoms with Gasteiger partial charge in [-0.05, 0) is 55.9 Å². The van der Waals surface area contributed by atoms with Gasteiger partial charge in [-0.2, -0.15) is 0 Å². The number of benzene rings is 2. The maximum absolute atomic E-state index is 12.4. The smallest absolute Gasteiger partial charge is 0.319 e. The van der Waals surface area contributed by atoms with Crippen molar-refractivity contribution in [3.8, 4) is 5.75 Å². The van der Waals surface area contributed by atoms with Gasteiger partial charge in [-0.15, -0.1) is 0 Å². The van der Waals surface area contributed by atoms with Crippen LogP contribution in [0, 0.1) is 0 Å². The predicted molar refractivity (Wildman–Crippen MR) is 118 cm³/mol. The molecule has 1 aliphatic heterocycles. The summed E-state index contributed by atoms with van der Waals surface area (Å²) in [6.07, 6.45) is 1.58. The first-order valence-corrected chi connectivity index (χ1v) is 10.2. The van der Waals surface area contributed by atoms with Crippen molar-refractivity contribution in [2.75, 3.05) is 39.6 Å². The average Bonchev–Trinajstić information content (AvgIpc) is 3.14. The number of methoxy groups -OCH3 is 1. The van der Waals surface area contributed by atoms with Crippen LogP contribution in [0.15, 0.2) is 48.5 Å². The van der Waals surface area contributed by atoms with Crippen LogP contribution in [0.25, 0.3) is 0 Å². The van der Waals surface area contributed by atoms with Crippen LogP contribution in [0.3, 0.4) is 0 Å². The number of anilines is 1. The van der Waals surface area contributed by atoms with E-state index in [0.29, 0.717) is 19.5 Å². The number of hydrogen-bond acceptors (Lipinski definition) is 4. The molecule has 2 N–H and O–H groups in total. The summed E-state index contributed by atoms with van der Waals surface area (Å²) in [5, 5.41) is 5.81. The molecule has 7 heteroatoms. The maximum atomic E-state index is 12.4. The van der Waals surface area contributed by atoms with Gasteiger partial charge in [-0.3, -0.25) is 4.79 Å². The SMILES string of the molecule is COc1ccc(C(CNC(=O)Nc2ccc(CN3CCCC3=O)cc2)N(C)C)cc1. The third-order valence-electron chi connectivity index (χ3n) is 5.34. The minimum absolute atomic E-state index is 0.0435. The summed E-state index contributed by atoms with van der Waals surface area (Å²) in [6.45, 7) is 1.92. The van der Waals surface area contributed by atoms with E-state index in [2.05, 4.69) is 15.5 Å². The predicted octanol–water partition coefficient (Wildman–Crippen LogP) is 3.24. The van der Waals surface area contributed by atoms with Crippen LogP contribution in [-0.2, 0) is 11.3 Å². The molecule has 160 valence electrons. The Kier molecular flexibility index (Phi) is 7.30. The summed E-state index contributed by atoms with van der Waals surface area (Å²) < 4.78 is 5.21. The number of carbonyl (C=O) groups excluding carboxylic acids is 2. The first-order chi connectivity index (χ1) is 14.5. The second-order valence-electron chi connectivity index (χ2n) is 7.70. The molecule has 3 amide bonds. The number of likely N-dealkylation sites (tertiary alicyclic amines) is 1. The highest BCUT2D eigenvalue weighted by molar-refractivity contribution is 5.89. The molecule has 2 aromatic carbocycles. The van der Waals surface area contributed by atoms with Crippen LogP contribution >= 0.6 is 0 Å². The van der Waals surface area contributed by atoms with Crippen LogP contribution in [-0.4, -0.2) is 56.0 Å². The van der Waals surface area contributed by atoms with E-state index in [1.54, 1.807) is 7.11 Å². The number of ether oxygens (including phenoxy) is 1. The number of nitrogens with one attached hydrogen (secondary N) is 2. The molecule has 0 saturated carbocycles. The third kappa shape index (κ3) is 5.73. The molecule has 1 atom stereocenters. The molecule has 1 unspecified atom stereocenters. The molecule has 0 bridgehead atoms. The van der Waals surface area contributed by atoms with Gasteiger partial charge in [-0.1, -0.05) is 24.3 Å². The summed E-state index contributed by atoms with van der Waals surface area (Å²) in [5.41, 5.74) is 2.88. The molecule has 30 heavy (non-hydrogen) atoms. The normalized spacial score (nSPS) is 14.7. The summed E-state index contributed by atoms with van der Waals surface area (Å²) in [4.78, 5) is 28.1. The standard InChI is InChI=1S/C23H30N4O3/c1-26(2)21(18-8-12-20(30-3)13-9-18)15-24-23(29)25-19-10-6-17(7-11-19)16-27-14-4-5-22(27)28/h6-13,21H,4-5,14-16H2,1-3H3,(H2,24,25,29). The Bertz CT molecular complexity index is 850. The van der Waals surface area contributed by atoms with Crippen LogP contribution < -0.4 is 15.4 Å². The van der Waals surface area contributed by atoms with E-state index in [9.17, 15) is 9.59 Å². The molecular weight excluding hydrogens is 380 g/mol. The van der Waals surface area contributed by atoms with E-state index < -0.39 is 0 Å². The number of hydrogen-bond donors (Lipinski definition) is 2. The summed E-state index contributed by atoms with van der Waals surface area (Å²) in [5.74, 6) is 1.02. The van der Waals surface area contributed by atoms with Gasteiger partial charge < -0.3 is 25.2 Å². The van der Waals surface area contributed by atoms with Crippen LogP contribution in [0.2, 0.25) is 0 Å². The van der Waals surface area contributed by atoms with Crippen LogP contribution in [0.4, 0.5) is 10.5 Å². The highest BCUT2D eigenvalue weighted by Gasteiger charge is 2.20. The molecule has 0 radical (unpaired) electrons. The molecule has 0 spiro atoms. The first kappa shape index (κ1) is 21.6. The van der Waals surface area contributed by atoms with Gasteiger partial charge in [0.25, 0.3) is 0 Å². The highest BCUT2D eigenvalue weighted by atomic mass is 16.5. The van der Waals surface area contributed by atoms with E-state index in [1.165, 1.54) is 0 Å². The minimum Gasteiger partial charge on any atom is -0.497 e. The topological polar surface area (TPSA) is 73.9 Å². The molecule has 0 aliphatic carbocycles. The Labute approximate surface area is 178 Å². The lowest BCUT2D eigenvalue weighted by atomic mass is 10.1. The van der Waals surface area contributed by atoms with Crippen molar-refractivity contribution in [2.45, 2.75) is 25.4 Å². The number of urea groups is 1. The molecule has 3 rings (SSSR count). The molecular formula is C23H30N4O3. The molecule has 2 aromatic rings. The zero-order chi connectivity index (χ0) is 21.5. The largest absolute Gasteiger partial charge is 0.497 e. The molecule has 1 fully saturated rings. The van der Waals surface area contributed by atoms with Gasteiger partial charge in [0.05, 0.1) is 13.2 Å². The third-order valence-corrected chi connectivity index (χ3v) is 5.34. The van der Waals surface area contributed by atoms with Crippen molar-refractivity contribution >= 4 is 17.6 Å². The van der Waals surface area contributed by atoms with Crippen molar-refractivity contribution in [1.29, 1.82) is 0 Å². The fourth-order valence-corrected chi connectivity index (χ4v) is 3.57. The summed E-state index contributed by atoms with van der Waals surface area (Å²) >= 11 is 0. The molecule has 1 aliphatic rings. The van der Waals surface area contributed by atoms with Gasteiger partial charge in [0.15, 0.2) is 0 Å². The van der Waals surface area contributed by atoms with E-state index >= 15 is 0 Å². The van der Waals surface area contributed by atoms with E-state index in [4.69, 9.17) is 4.74 Å². The average molecular weight is 411 g/mol. The van der Waals surface area contributed by atoms with Gasteiger partial charge >= 0.3 is 6.03 Å².